The van der Waals surface area contributed by atoms with Crippen molar-refractivity contribution in [2.24, 2.45) is 0 Å². The number of rotatable bonds is 6. The highest BCUT2D eigenvalue weighted by Crippen LogP contribution is 2.32. The van der Waals surface area contributed by atoms with Crippen LogP contribution in [0, 0.1) is 0 Å². The van der Waals surface area contributed by atoms with Crippen LogP contribution in [0.3, 0.4) is 0 Å². The van der Waals surface area contributed by atoms with Gasteiger partial charge in [-0.3, -0.25) is 9.20 Å². The molecule has 146 valence electrons. The molecule has 0 radical (unpaired) electrons. The minimum atomic E-state index is -0.232. The van der Waals surface area contributed by atoms with E-state index in [2.05, 4.69) is 15.3 Å². The number of benzene rings is 2. The van der Waals surface area contributed by atoms with Crippen LogP contribution < -0.4 is 10.1 Å². The van der Waals surface area contributed by atoms with Gasteiger partial charge in [0.05, 0.1) is 24.4 Å². The fourth-order valence-corrected chi connectivity index (χ4v) is 3.41. The summed E-state index contributed by atoms with van der Waals surface area (Å²) >= 11 is 0. The second kappa shape index (κ2) is 8.14. The zero-order chi connectivity index (χ0) is 20.2. The van der Waals surface area contributed by atoms with Gasteiger partial charge < -0.3 is 10.1 Å². The molecule has 0 spiro atoms. The third-order valence-corrected chi connectivity index (χ3v) is 4.92. The van der Waals surface area contributed by atoms with Crippen molar-refractivity contribution in [1.29, 1.82) is 0 Å². The molecule has 0 saturated heterocycles. The van der Waals surface area contributed by atoms with Crippen LogP contribution in [0.2, 0.25) is 0 Å². The van der Waals surface area contributed by atoms with E-state index >= 15 is 0 Å². The van der Waals surface area contributed by atoms with Crippen molar-refractivity contribution in [3.05, 3.63) is 78.8 Å². The van der Waals surface area contributed by atoms with Crippen LogP contribution in [-0.2, 0) is 4.79 Å². The average molecular weight is 386 g/mol. The zero-order valence-electron chi connectivity index (χ0n) is 16.4. The van der Waals surface area contributed by atoms with E-state index in [4.69, 9.17) is 4.74 Å². The van der Waals surface area contributed by atoms with E-state index in [-0.39, 0.29) is 11.8 Å². The number of methoxy groups -OCH3 is 1. The molecule has 1 atom stereocenters. The number of amides is 1. The molecule has 0 aliphatic rings. The summed E-state index contributed by atoms with van der Waals surface area (Å²) in [7, 11) is 1.59. The Kier molecular flexibility index (Phi) is 5.24. The van der Waals surface area contributed by atoms with Crippen molar-refractivity contribution in [2.75, 3.05) is 12.4 Å². The van der Waals surface area contributed by atoms with Gasteiger partial charge in [0.25, 0.3) is 0 Å². The Morgan fingerprint density at radius 1 is 1.17 bits per heavy atom. The van der Waals surface area contributed by atoms with Crippen molar-refractivity contribution in [3.63, 3.8) is 0 Å². The largest absolute Gasteiger partial charge is 0.495 e. The molecule has 1 unspecified atom stereocenters. The van der Waals surface area contributed by atoms with Gasteiger partial charge in [0, 0.05) is 24.2 Å². The fourth-order valence-electron chi connectivity index (χ4n) is 3.41. The summed E-state index contributed by atoms with van der Waals surface area (Å²) in [6.45, 7) is 2.01. The Balaban J connectivity index is 1.65. The van der Waals surface area contributed by atoms with Crippen LogP contribution in [0.15, 0.2) is 73.2 Å². The molecule has 6 heteroatoms. The Bertz CT molecular complexity index is 1110. The molecule has 1 N–H and O–H groups in total. The number of hydrogen-bond donors (Lipinski definition) is 1. The van der Waals surface area contributed by atoms with Crippen LogP contribution >= 0.6 is 0 Å². The van der Waals surface area contributed by atoms with Gasteiger partial charge in [0.15, 0.2) is 0 Å². The molecule has 2 aromatic carbocycles. The quantitative estimate of drug-likeness (QED) is 0.528. The lowest BCUT2D eigenvalue weighted by atomic mass is 9.95. The summed E-state index contributed by atoms with van der Waals surface area (Å²) in [5.74, 6) is 0.931. The maximum Gasteiger partial charge on any atom is 0.234 e. The molecule has 0 fully saturated rings. The maximum atomic E-state index is 13.0. The molecule has 0 saturated carbocycles. The van der Waals surface area contributed by atoms with Crippen molar-refractivity contribution in [3.8, 4) is 17.0 Å². The number of ether oxygens (including phenoxy) is 1. The molecule has 0 aliphatic carbocycles. The van der Waals surface area contributed by atoms with E-state index in [0.717, 1.165) is 16.8 Å². The molecule has 2 aromatic heterocycles. The van der Waals surface area contributed by atoms with Gasteiger partial charge in [0.2, 0.25) is 11.7 Å². The molecular weight excluding hydrogens is 364 g/mol. The third-order valence-electron chi connectivity index (χ3n) is 4.92. The molecule has 2 heterocycles. The molecule has 0 bridgehead atoms. The maximum absolute atomic E-state index is 13.0. The van der Waals surface area contributed by atoms with Crippen molar-refractivity contribution in [2.45, 2.75) is 19.3 Å². The first-order chi connectivity index (χ1) is 14.2. The number of nitrogens with zero attached hydrogens (tertiary/aromatic N) is 3. The van der Waals surface area contributed by atoms with Crippen LogP contribution in [0.4, 0.5) is 5.69 Å². The van der Waals surface area contributed by atoms with E-state index in [1.165, 1.54) is 0 Å². The van der Waals surface area contributed by atoms with Crippen molar-refractivity contribution < 1.29 is 9.53 Å². The predicted octanol–water partition coefficient (Wildman–Crippen LogP) is 4.54. The Morgan fingerprint density at radius 3 is 2.72 bits per heavy atom. The van der Waals surface area contributed by atoms with E-state index < -0.39 is 0 Å². The number of aromatic nitrogens is 3. The molecule has 0 aliphatic heterocycles. The van der Waals surface area contributed by atoms with Crippen LogP contribution in [0.5, 0.6) is 5.75 Å². The molecule has 4 rings (SSSR count). The first-order valence-electron chi connectivity index (χ1n) is 9.53. The second-order valence-electron chi connectivity index (χ2n) is 6.73. The topological polar surface area (TPSA) is 68.5 Å². The van der Waals surface area contributed by atoms with Gasteiger partial charge in [-0.2, -0.15) is 0 Å². The zero-order valence-corrected chi connectivity index (χ0v) is 16.4. The number of imidazole rings is 1. The normalized spacial score (nSPS) is 11.9. The summed E-state index contributed by atoms with van der Waals surface area (Å²) in [6, 6.07) is 17.3. The summed E-state index contributed by atoms with van der Waals surface area (Å²) in [4.78, 5) is 21.8. The molecule has 1 amide bonds. The standard InChI is InChI=1S/C23H22N4O2/c1-3-18(16-8-5-4-6-9-16)22(28)25-19-14-17(10-11-21(19)29-2)20-15-27-13-7-12-24-23(27)26-20/h4-15,18H,3H2,1-2H3,(H,25,28). The van der Waals surface area contributed by atoms with E-state index in [1.54, 1.807) is 13.3 Å². The number of anilines is 1. The van der Waals surface area contributed by atoms with E-state index in [0.29, 0.717) is 23.6 Å². The molecule has 6 nitrogen and oxygen atoms in total. The lowest BCUT2D eigenvalue weighted by Crippen LogP contribution is -2.21. The fraction of sp³-hybridized carbons (Fsp3) is 0.174. The van der Waals surface area contributed by atoms with Gasteiger partial charge in [-0.1, -0.05) is 37.3 Å². The third kappa shape index (κ3) is 3.82. The minimum absolute atomic E-state index is 0.0641. The number of fused-ring (bicyclic) bond motifs is 1. The summed E-state index contributed by atoms with van der Waals surface area (Å²) < 4.78 is 7.32. The Morgan fingerprint density at radius 2 is 2.00 bits per heavy atom. The van der Waals surface area contributed by atoms with Crippen molar-refractivity contribution in [1.82, 2.24) is 14.4 Å². The molecular formula is C23H22N4O2. The van der Waals surface area contributed by atoms with Crippen molar-refractivity contribution >= 4 is 17.4 Å². The Hall–Kier alpha value is -3.67. The molecule has 4 aromatic rings. The van der Waals surface area contributed by atoms with Gasteiger partial charge in [-0.25, -0.2) is 9.97 Å². The minimum Gasteiger partial charge on any atom is -0.495 e. The van der Waals surface area contributed by atoms with Gasteiger partial charge in [0.1, 0.15) is 5.75 Å². The first-order valence-corrected chi connectivity index (χ1v) is 9.53. The van der Waals surface area contributed by atoms with E-state index in [9.17, 15) is 4.79 Å². The highest BCUT2D eigenvalue weighted by molar-refractivity contribution is 5.97. The monoisotopic (exact) mass is 386 g/mol. The predicted molar refractivity (Wildman–Crippen MR) is 113 cm³/mol. The SMILES string of the molecule is CCC(C(=O)Nc1cc(-c2cn3cccnc3n2)ccc1OC)c1ccccc1. The average Bonchev–Trinajstić information content (AvgIpc) is 3.19. The molecule has 29 heavy (non-hydrogen) atoms. The lowest BCUT2D eigenvalue weighted by molar-refractivity contribution is -0.117. The smallest absolute Gasteiger partial charge is 0.234 e. The number of hydrogen-bond acceptors (Lipinski definition) is 4. The number of carbonyl (C=O) groups excluding carboxylic acids is 1. The lowest BCUT2D eigenvalue weighted by Gasteiger charge is -2.17. The van der Waals surface area contributed by atoms with E-state index in [1.807, 2.05) is 78.3 Å². The van der Waals surface area contributed by atoms with Gasteiger partial charge in [-0.05, 0) is 36.2 Å². The van der Waals surface area contributed by atoms with Crippen LogP contribution in [-0.4, -0.2) is 27.4 Å². The summed E-state index contributed by atoms with van der Waals surface area (Å²) in [5, 5.41) is 3.04. The highest BCUT2D eigenvalue weighted by atomic mass is 16.5. The number of nitrogens with one attached hydrogen (secondary N) is 1. The summed E-state index contributed by atoms with van der Waals surface area (Å²) in [6.07, 6.45) is 6.22. The highest BCUT2D eigenvalue weighted by Gasteiger charge is 2.20. The van der Waals surface area contributed by atoms with Crippen LogP contribution in [0.25, 0.3) is 17.0 Å². The Labute approximate surface area is 169 Å². The van der Waals surface area contributed by atoms with Gasteiger partial charge in [-0.15, -0.1) is 0 Å². The summed E-state index contributed by atoms with van der Waals surface area (Å²) in [5.41, 5.74) is 3.26. The van der Waals surface area contributed by atoms with Gasteiger partial charge >= 0.3 is 0 Å². The first kappa shape index (κ1) is 18.7. The van der Waals surface area contributed by atoms with Crippen LogP contribution in [0.1, 0.15) is 24.8 Å². The number of carbonyl (C=O) groups is 1. The second-order valence-corrected chi connectivity index (χ2v) is 6.73.